The molecule has 2 saturated heterocycles. The normalized spacial score (nSPS) is 22.9. The summed E-state index contributed by atoms with van der Waals surface area (Å²) < 4.78 is 30.6. The number of nitrogens with one attached hydrogen (secondary N) is 2. The minimum atomic E-state index is -3.03. The van der Waals surface area contributed by atoms with Gasteiger partial charge in [-0.25, -0.2) is 12.7 Å². The largest absolute Gasteiger partial charge is 0.379 e. The van der Waals surface area contributed by atoms with Crippen molar-refractivity contribution in [2.75, 3.05) is 64.8 Å². The van der Waals surface area contributed by atoms with E-state index in [-0.39, 0.29) is 11.3 Å². The van der Waals surface area contributed by atoms with Crippen LogP contribution >= 0.6 is 0 Å². The Labute approximate surface area is 152 Å². The molecule has 0 atom stereocenters. The summed E-state index contributed by atoms with van der Waals surface area (Å²) >= 11 is 0. The molecule has 0 radical (unpaired) electrons. The molecule has 8 nitrogen and oxygen atoms in total. The Hall–Kier alpha value is -0.900. The number of hydrogen-bond donors (Lipinski definition) is 2. The molecule has 0 aliphatic carbocycles. The highest BCUT2D eigenvalue weighted by molar-refractivity contribution is 7.89. The molecule has 0 amide bonds. The van der Waals surface area contributed by atoms with Gasteiger partial charge in [-0.05, 0) is 27.2 Å². The summed E-state index contributed by atoms with van der Waals surface area (Å²) in [7, 11) is -3.03. The summed E-state index contributed by atoms with van der Waals surface area (Å²) in [5.74, 6) is 1.01. The first kappa shape index (κ1) is 20.4. The van der Waals surface area contributed by atoms with Gasteiger partial charge in [-0.3, -0.25) is 9.89 Å². The average molecular weight is 376 g/mol. The van der Waals surface area contributed by atoms with Crippen LogP contribution < -0.4 is 10.6 Å². The number of sulfonamides is 1. The molecule has 0 unspecified atom stereocenters. The standard InChI is InChI=1S/C16H33N5O3S/c1-4-17-15(18-6-8-21-7-5-13-25(21,22)23)19-14-16(2,3)20-9-11-24-12-10-20/h4-14H2,1-3H3,(H2,17,18,19). The van der Waals surface area contributed by atoms with Gasteiger partial charge in [-0.1, -0.05) is 0 Å². The average Bonchev–Trinajstić information content (AvgIpc) is 2.92. The number of ether oxygens (including phenoxy) is 1. The van der Waals surface area contributed by atoms with Gasteiger partial charge in [0, 0.05) is 44.8 Å². The smallest absolute Gasteiger partial charge is 0.214 e. The summed E-state index contributed by atoms with van der Waals surface area (Å²) in [6.45, 7) is 12.9. The Balaban J connectivity index is 1.84. The monoisotopic (exact) mass is 375 g/mol. The van der Waals surface area contributed by atoms with Crippen molar-refractivity contribution < 1.29 is 13.2 Å². The molecule has 2 aliphatic heterocycles. The SMILES string of the molecule is CCNC(=NCC(C)(C)N1CCOCC1)NCCN1CCCS1(=O)=O. The van der Waals surface area contributed by atoms with E-state index in [4.69, 9.17) is 9.73 Å². The molecule has 2 rings (SSSR count). The molecule has 0 aromatic rings. The first-order chi connectivity index (χ1) is 11.8. The van der Waals surface area contributed by atoms with Crippen LogP contribution in [0.3, 0.4) is 0 Å². The van der Waals surface area contributed by atoms with E-state index in [0.29, 0.717) is 26.2 Å². The number of rotatable bonds is 7. The summed E-state index contributed by atoms with van der Waals surface area (Å²) in [5.41, 5.74) is -0.0373. The first-order valence-corrected chi connectivity index (χ1v) is 10.8. The van der Waals surface area contributed by atoms with Gasteiger partial charge in [0.25, 0.3) is 0 Å². The van der Waals surface area contributed by atoms with E-state index in [1.54, 1.807) is 4.31 Å². The fourth-order valence-corrected chi connectivity index (χ4v) is 4.65. The van der Waals surface area contributed by atoms with E-state index in [1.165, 1.54) is 0 Å². The molecule has 2 heterocycles. The van der Waals surface area contributed by atoms with Gasteiger partial charge in [0.05, 0.1) is 25.5 Å². The van der Waals surface area contributed by atoms with Crippen molar-refractivity contribution in [1.82, 2.24) is 19.8 Å². The van der Waals surface area contributed by atoms with Crippen molar-refractivity contribution >= 4 is 16.0 Å². The van der Waals surface area contributed by atoms with Crippen molar-refractivity contribution in [2.45, 2.75) is 32.7 Å². The molecular weight excluding hydrogens is 342 g/mol. The Morgan fingerprint density at radius 1 is 1.20 bits per heavy atom. The lowest BCUT2D eigenvalue weighted by molar-refractivity contribution is -0.00683. The van der Waals surface area contributed by atoms with Crippen LogP contribution in [0.15, 0.2) is 4.99 Å². The second-order valence-corrected chi connectivity index (χ2v) is 9.19. The highest BCUT2D eigenvalue weighted by Gasteiger charge is 2.29. The maximum atomic E-state index is 11.8. The molecule has 2 aliphatic rings. The number of guanidine groups is 1. The third-order valence-corrected chi connectivity index (χ3v) is 6.65. The molecule has 0 spiro atoms. The number of hydrogen-bond acceptors (Lipinski definition) is 5. The van der Waals surface area contributed by atoms with E-state index in [0.717, 1.165) is 45.2 Å². The van der Waals surface area contributed by atoms with Gasteiger partial charge in [0.15, 0.2) is 5.96 Å². The molecular formula is C16H33N5O3S. The third-order valence-electron chi connectivity index (χ3n) is 4.69. The van der Waals surface area contributed by atoms with Crippen molar-refractivity contribution in [3.63, 3.8) is 0 Å². The molecule has 0 aromatic carbocycles. The Bertz CT molecular complexity index is 544. The van der Waals surface area contributed by atoms with Crippen LogP contribution in [0.5, 0.6) is 0 Å². The quantitative estimate of drug-likeness (QED) is 0.469. The maximum Gasteiger partial charge on any atom is 0.214 e. The van der Waals surface area contributed by atoms with E-state index < -0.39 is 10.0 Å². The molecule has 0 aromatic heterocycles. The zero-order chi connectivity index (χ0) is 18.3. The lowest BCUT2D eigenvalue weighted by Crippen LogP contribution is -2.52. The minimum Gasteiger partial charge on any atom is -0.379 e. The highest BCUT2D eigenvalue weighted by Crippen LogP contribution is 2.16. The van der Waals surface area contributed by atoms with Crippen LogP contribution in [-0.4, -0.2) is 93.9 Å². The number of aliphatic imine (C=N–C) groups is 1. The summed E-state index contributed by atoms with van der Waals surface area (Å²) in [4.78, 5) is 7.11. The summed E-state index contributed by atoms with van der Waals surface area (Å²) in [5, 5.41) is 6.48. The van der Waals surface area contributed by atoms with Crippen LogP contribution in [-0.2, 0) is 14.8 Å². The molecule has 146 valence electrons. The predicted molar refractivity (Wildman–Crippen MR) is 100 cm³/mol. The summed E-state index contributed by atoms with van der Waals surface area (Å²) in [6.07, 6.45) is 0.726. The van der Waals surface area contributed by atoms with Crippen LogP contribution in [0.2, 0.25) is 0 Å². The van der Waals surface area contributed by atoms with E-state index in [9.17, 15) is 8.42 Å². The second-order valence-electron chi connectivity index (χ2n) is 7.10. The second kappa shape index (κ2) is 9.16. The van der Waals surface area contributed by atoms with Crippen LogP contribution in [0.25, 0.3) is 0 Å². The zero-order valence-electron chi connectivity index (χ0n) is 15.8. The van der Waals surface area contributed by atoms with Gasteiger partial charge >= 0.3 is 0 Å². The van der Waals surface area contributed by atoms with E-state index in [1.807, 2.05) is 6.92 Å². The third kappa shape index (κ3) is 6.09. The number of nitrogens with zero attached hydrogens (tertiary/aromatic N) is 3. The van der Waals surface area contributed by atoms with E-state index >= 15 is 0 Å². The lowest BCUT2D eigenvalue weighted by atomic mass is 10.0. The van der Waals surface area contributed by atoms with Crippen molar-refractivity contribution in [3.05, 3.63) is 0 Å². The first-order valence-electron chi connectivity index (χ1n) is 9.18. The van der Waals surface area contributed by atoms with Crippen molar-refractivity contribution in [3.8, 4) is 0 Å². The Morgan fingerprint density at radius 3 is 2.52 bits per heavy atom. The maximum absolute atomic E-state index is 11.8. The van der Waals surface area contributed by atoms with Crippen molar-refractivity contribution in [2.24, 2.45) is 4.99 Å². The molecule has 25 heavy (non-hydrogen) atoms. The molecule has 0 bridgehead atoms. The van der Waals surface area contributed by atoms with Crippen LogP contribution in [0, 0.1) is 0 Å². The van der Waals surface area contributed by atoms with Crippen LogP contribution in [0.1, 0.15) is 27.2 Å². The molecule has 9 heteroatoms. The van der Waals surface area contributed by atoms with Crippen molar-refractivity contribution in [1.29, 1.82) is 0 Å². The van der Waals surface area contributed by atoms with Gasteiger partial charge < -0.3 is 15.4 Å². The Kier molecular flexibility index (Phi) is 7.48. The van der Waals surface area contributed by atoms with Gasteiger partial charge in [-0.15, -0.1) is 0 Å². The number of morpholine rings is 1. The van der Waals surface area contributed by atoms with Gasteiger partial charge in [0.2, 0.25) is 10.0 Å². The zero-order valence-corrected chi connectivity index (χ0v) is 16.6. The van der Waals surface area contributed by atoms with Crippen LogP contribution in [0.4, 0.5) is 0 Å². The lowest BCUT2D eigenvalue weighted by Gasteiger charge is -2.39. The molecule has 2 fully saturated rings. The molecule has 2 N–H and O–H groups in total. The van der Waals surface area contributed by atoms with Gasteiger partial charge in [0.1, 0.15) is 0 Å². The minimum absolute atomic E-state index is 0.0373. The Morgan fingerprint density at radius 2 is 1.92 bits per heavy atom. The summed E-state index contributed by atoms with van der Waals surface area (Å²) in [6, 6.07) is 0. The molecule has 0 saturated carbocycles. The fourth-order valence-electron chi connectivity index (χ4n) is 3.12. The predicted octanol–water partition coefficient (Wildman–Crippen LogP) is -0.312. The highest BCUT2D eigenvalue weighted by atomic mass is 32.2. The topological polar surface area (TPSA) is 86.3 Å². The van der Waals surface area contributed by atoms with Gasteiger partial charge in [-0.2, -0.15) is 0 Å². The fraction of sp³-hybridized carbons (Fsp3) is 0.938. The van der Waals surface area contributed by atoms with E-state index in [2.05, 4.69) is 29.4 Å².